The first-order chi connectivity index (χ1) is 16.0. The average molecular weight is 451 g/mol. The third-order valence-corrected chi connectivity index (χ3v) is 6.08. The van der Waals surface area contributed by atoms with Crippen molar-refractivity contribution < 1.29 is 13.6 Å². The molecule has 0 atom stereocenters. The molecule has 1 aliphatic heterocycles. The number of aryl methyl sites for hydroxylation is 1. The van der Waals surface area contributed by atoms with E-state index in [1.165, 1.54) is 6.07 Å². The molecule has 1 fully saturated rings. The summed E-state index contributed by atoms with van der Waals surface area (Å²) in [7, 11) is 0. The quantitative estimate of drug-likeness (QED) is 0.450. The van der Waals surface area contributed by atoms with E-state index in [1.807, 2.05) is 10.9 Å². The average Bonchev–Trinajstić information content (AvgIpc) is 3.48. The third kappa shape index (κ3) is 4.09. The zero-order chi connectivity index (χ0) is 22.9. The lowest BCUT2D eigenvalue weighted by molar-refractivity contribution is -0.109. The maximum atomic E-state index is 14.5. The van der Waals surface area contributed by atoms with Crippen molar-refractivity contribution in [2.75, 3.05) is 25.0 Å². The maximum absolute atomic E-state index is 14.5. The first-order valence-electron chi connectivity index (χ1n) is 10.8. The molecule has 0 bridgehead atoms. The molecule has 0 aliphatic carbocycles. The third-order valence-electron chi connectivity index (χ3n) is 6.08. The summed E-state index contributed by atoms with van der Waals surface area (Å²) in [5, 5.41) is 7.74. The number of nitrogens with zero attached hydrogens (tertiary/aromatic N) is 6. The van der Waals surface area contributed by atoms with Crippen molar-refractivity contribution in [1.29, 1.82) is 0 Å². The van der Waals surface area contributed by atoms with E-state index in [4.69, 9.17) is 0 Å². The van der Waals surface area contributed by atoms with Gasteiger partial charge in [-0.05, 0) is 31.4 Å². The van der Waals surface area contributed by atoms with Crippen LogP contribution in [0, 0.1) is 18.6 Å². The molecule has 10 heteroatoms. The van der Waals surface area contributed by atoms with E-state index in [0.717, 1.165) is 44.0 Å². The number of hydrogen-bond acceptors (Lipinski definition) is 6. The molecule has 33 heavy (non-hydrogen) atoms. The molecule has 0 unspecified atom stereocenters. The number of rotatable bonds is 6. The van der Waals surface area contributed by atoms with Gasteiger partial charge in [-0.1, -0.05) is 0 Å². The highest BCUT2D eigenvalue weighted by Crippen LogP contribution is 2.29. The molecular weight excluding hydrogens is 428 g/mol. The highest BCUT2D eigenvalue weighted by Gasteiger charge is 2.21. The maximum Gasteiger partial charge on any atom is 0.180 e. The van der Waals surface area contributed by atoms with Crippen LogP contribution in [0.3, 0.4) is 0 Å². The second-order valence-electron chi connectivity index (χ2n) is 8.23. The van der Waals surface area contributed by atoms with Crippen LogP contribution < -0.4 is 5.32 Å². The van der Waals surface area contributed by atoms with E-state index >= 15 is 0 Å². The van der Waals surface area contributed by atoms with Crippen LogP contribution in [0.25, 0.3) is 16.9 Å². The minimum absolute atomic E-state index is 0.254. The molecule has 1 aliphatic rings. The predicted octanol–water partition coefficient (Wildman–Crippen LogP) is 3.76. The Morgan fingerprint density at radius 3 is 2.76 bits per heavy atom. The van der Waals surface area contributed by atoms with Gasteiger partial charge in [-0.3, -0.25) is 14.0 Å². The fourth-order valence-corrected chi connectivity index (χ4v) is 4.27. The van der Waals surface area contributed by atoms with Crippen LogP contribution in [-0.2, 0) is 4.79 Å². The molecule has 3 aromatic heterocycles. The van der Waals surface area contributed by atoms with Crippen molar-refractivity contribution in [2.45, 2.75) is 25.8 Å². The Morgan fingerprint density at radius 1 is 1.15 bits per heavy atom. The van der Waals surface area contributed by atoms with Gasteiger partial charge < -0.3 is 10.1 Å². The van der Waals surface area contributed by atoms with Crippen molar-refractivity contribution >= 4 is 23.4 Å². The van der Waals surface area contributed by atoms with Crippen molar-refractivity contribution in [2.24, 2.45) is 0 Å². The monoisotopic (exact) mass is 451 g/mol. The molecule has 170 valence electrons. The van der Waals surface area contributed by atoms with Crippen molar-refractivity contribution in [3.8, 4) is 11.3 Å². The molecule has 1 saturated heterocycles. The van der Waals surface area contributed by atoms with Gasteiger partial charge in [0.1, 0.15) is 17.9 Å². The van der Waals surface area contributed by atoms with Crippen LogP contribution in [-0.4, -0.2) is 55.0 Å². The summed E-state index contributed by atoms with van der Waals surface area (Å²) in [6.45, 7) is 3.80. The Balaban J connectivity index is 1.38. The number of carbonyl (C=O) groups is 1. The number of aldehydes is 1. The normalized spacial score (nSPS) is 15.2. The van der Waals surface area contributed by atoms with Gasteiger partial charge in [0.15, 0.2) is 11.5 Å². The lowest BCUT2D eigenvalue weighted by Gasteiger charge is -2.30. The number of nitrogens with one attached hydrogen (secondary N) is 1. The summed E-state index contributed by atoms with van der Waals surface area (Å²) in [6.07, 6.45) is 11.3. The Kier molecular flexibility index (Phi) is 5.59. The van der Waals surface area contributed by atoms with E-state index in [1.54, 1.807) is 36.1 Å². The summed E-state index contributed by atoms with van der Waals surface area (Å²) in [5.41, 5.74) is 2.37. The number of piperidine rings is 1. The van der Waals surface area contributed by atoms with Crippen LogP contribution in [0.1, 0.15) is 24.4 Å². The first-order valence-corrected chi connectivity index (χ1v) is 10.8. The molecule has 4 heterocycles. The number of likely N-dealkylation sites (tertiary alicyclic amines) is 1. The summed E-state index contributed by atoms with van der Waals surface area (Å²) in [5.74, 6) is -0.741. The largest absolute Gasteiger partial charge is 0.335 e. The molecule has 1 N–H and O–H groups in total. The number of carbonyl (C=O) groups excluding carboxylic acids is 1. The second-order valence-corrected chi connectivity index (χ2v) is 8.23. The zero-order valence-electron chi connectivity index (χ0n) is 18.1. The van der Waals surface area contributed by atoms with Gasteiger partial charge in [0.05, 0.1) is 36.4 Å². The summed E-state index contributed by atoms with van der Waals surface area (Å²) in [6, 6.07) is 2.63. The highest BCUT2D eigenvalue weighted by atomic mass is 19.1. The van der Waals surface area contributed by atoms with E-state index in [9.17, 15) is 13.6 Å². The van der Waals surface area contributed by atoms with E-state index in [2.05, 4.69) is 25.3 Å². The molecule has 1 aromatic carbocycles. The second kappa shape index (κ2) is 8.70. The van der Waals surface area contributed by atoms with Gasteiger partial charge in [0, 0.05) is 43.3 Å². The van der Waals surface area contributed by atoms with E-state index < -0.39 is 11.6 Å². The minimum atomic E-state index is -0.656. The molecule has 0 saturated carbocycles. The topological polar surface area (TPSA) is 80.3 Å². The molecule has 5 rings (SSSR count). The number of hydrogen-bond donors (Lipinski definition) is 1. The number of imidazole rings is 1. The minimum Gasteiger partial charge on any atom is -0.335 e. The zero-order valence-corrected chi connectivity index (χ0v) is 18.1. The van der Waals surface area contributed by atoms with Crippen molar-refractivity contribution in [3.05, 3.63) is 60.3 Å². The number of fused-ring (bicyclic) bond motifs is 1. The van der Waals surface area contributed by atoms with Gasteiger partial charge in [-0.15, -0.1) is 0 Å². The summed E-state index contributed by atoms with van der Waals surface area (Å²) >= 11 is 0. The fourth-order valence-electron chi connectivity index (χ4n) is 4.27. The lowest BCUT2D eigenvalue weighted by Crippen LogP contribution is -2.35. The SMILES string of the molecule is Cc1cc(-c2cnc(Nc3cnn(C4CCN(CC=O)CC4)c3)c3nccn23)c(F)cc1F. The van der Waals surface area contributed by atoms with Crippen LogP contribution in [0.15, 0.2) is 43.1 Å². The van der Waals surface area contributed by atoms with E-state index in [0.29, 0.717) is 29.3 Å². The molecule has 0 amide bonds. The smallest absolute Gasteiger partial charge is 0.180 e. The van der Waals surface area contributed by atoms with Crippen LogP contribution >= 0.6 is 0 Å². The first kappa shape index (κ1) is 21.2. The Hall–Kier alpha value is -3.66. The van der Waals surface area contributed by atoms with Crippen molar-refractivity contribution in [3.63, 3.8) is 0 Å². The van der Waals surface area contributed by atoms with Crippen LogP contribution in [0.5, 0.6) is 0 Å². The van der Waals surface area contributed by atoms with Crippen LogP contribution in [0.2, 0.25) is 0 Å². The van der Waals surface area contributed by atoms with Crippen LogP contribution in [0.4, 0.5) is 20.3 Å². The highest BCUT2D eigenvalue weighted by molar-refractivity contribution is 5.74. The Bertz CT molecular complexity index is 1310. The summed E-state index contributed by atoms with van der Waals surface area (Å²) in [4.78, 5) is 21.7. The Labute approximate surface area is 188 Å². The number of benzene rings is 1. The molecular formula is C23H23F2N7O. The standard InChI is InChI=1S/C23H23F2N7O/c1-15-10-18(20(25)11-19(15)24)21-13-27-22(23-26-4-7-31(21)23)29-16-12-28-32(14-16)17-2-5-30(6-3-17)8-9-33/h4,7,9-14,17H,2-3,5-6,8H2,1H3,(H,27,29). The molecule has 0 radical (unpaired) electrons. The van der Waals surface area contributed by atoms with Gasteiger partial charge in [0.2, 0.25) is 0 Å². The number of halogens is 2. The van der Waals surface area contributed by atoms with E-state index in [-0.39, 0.29) is 11.6 Å². The molecule has 8 nitrogen and oxygen atoms in total. The number of anilines is 2. The molecule has 4 aromatic rings. The van der Waals surface area contributed by atoms with Gasteiger partial charge >= 0.3 is 0 Å². The van der Waals surface area contributed by atoms with Crippen molar-refractivity contribution in [1.82, 2.24) is 29.0 Å². The van der Waals surface area contributed by atoms with Gasteiger partial charge in [-0.25, -0.2) is 18.7 Å². The summed E-state index contributed by atoms with van der Waals surface area (Å²) < 4.78 is 31.9. The van der Waals surface area contributed by atoms with Gasteiger partial charge in [0.25, 0.3) is 0 Å². The van der Waals surface area contributed by atoms with Gasteiger partial charge in [-0.2, -0.15) is 5.10 Å². The lowest BCUT2D eigenvalue weighted by atomic mass is 10.1. The Morgan fingerprint density at radius 2 is 1.97 bits per heavy atom. The molecule has 0 spiro atoms. The number of aromatic nitrogens is 5. The predicted molar refractivity (Wildman–Crippen MR) is 119 cm³/mol. The fraction of sp³-hybridized carbons (Fsp3) is 0.304.